The van der Waals surface area contributed by atoms with Crippen LogP contribution in [-0.2, 0) is 4.74 Å². The SMILES string of the molecule is CCOc1cccc([C@H]2CC(c3ccc(Cl)cc3)=N[C@H](c3ccc(C(=O)OC)cc3)N2)c1O. The highest BCUT2D eigenvalue weighted by molar-refractivity contribution is 6.30. The van der Waals surface area contributed by atoms with Crippen LogP contribution in [0.4, 0.5) is 0 Å². The van der Waals surface area contributed by atoms with Gasteiger partial charge in [-0.3, -0.25) is 10.3 Å². The molecule has 1 heterocycles. The van der Waals surface area contributed by atoms with E-state index in [1.54, 1.807) is 18.2 Å². The van der Waals surface area contributed by atoms with Crippen molar-refractivity contribution in [2.24, 2.45) is 4.99 Å². The third-order valence-corrected chi connectivity index (χ3v) is 5.82. The number of hydrogen-bond acceptors (Lipinski definition) is 6. The van der Waals surface area contributed by atoms with E-state index in [1.165, 1.54) is 7.11 Å². The molecule has 0 aliphatic carbocycles. The normalized spacial score (nSPS) is 17.8. The first-order valence-electron chi connectivity index (χ1n) is 10.7. The van der Waals surface area contributed by atoms with Gasteiger partial charge >= 0.3 is 5.97 Å². The van der Waals surface area contributed by atoms with Crippen LogP contribution in [0.15, 0.2) is 71.7 Å². The van der Waals surface area contributed by atoms with Gasteiger partial charge in [0.2, 0.25) is 0 Å². The molecule has 0 saturated carbocycles. The number of aliphatic imine (C=N–C) groups is 1. The Labute approximate surface area is 197 Å². The van der Waals surface area contributed by atoms with E-state index < -0.39 is 0 Å². The Balaban J connectivity index is 1.72. The van der Waals surface area contributed by atoms with Gasteiger partial charge in [-0.1, -0.05) is 48.0 Å². The molecule has 3 aromatic rings. The predicted octanol–water partition coefficient (Wildman–Crippen LogP) is 5.45. The molecule has 0 spiro atoms. The fourth-order valence-electron chi connectivity index (χ4n) is 3.91. The number of nitrogens with one attached hydrogen (secondary N) is 1. The Morgan fingerprint density at radius 3 is 2.52 bits per heavy atom. The lowest BCUT2D eigenvalue weighted by molar-refractivity contribution is 0.0600. The summed E-state index contributed by atoms with van der Waals surface area (Å²) in [6.07, 6.45) is 0.192. The summed E-state index contributed by atoms with van der Waals surface area (Å²) in [7, 11) is 1.36. The van der Waals surface area contributed by atoms with Gasteiger partial charge < -0.3 is 14.6 Å². The number of halogens is 1. The van der Waals surface area contributed by atoms with Gasteiger partial charge in [-0.15, -0.1) is 0 Å². The van der Waals surface area contributed by atoms with Crippen molar-refractivity contribution in [3.05, 3.63) is 94.0 Å². The number of benzene rings is 3. The molecular weight excluding hydrogens is 440 g/mol. The van der Waals surface area contributed by atoms with E-state index >= 15 is 0 Å². The van der Waals surface area contributed by atoms with Crippen molar-refractivity contribution in [2.75, 3.05) is 13.7 Å². The van der Waals surface area contributed by atoms with Gasteiger partial charge in [0.25, 0.3) is 0 Å². The first kappa shape index (κ1) is 22.8. The Hall–Kier alpha value is -3.35. The first-order chi connectivity index (χ1) is 16.0. The molecule has 7 heteroatoms. The van der Waals surface area contributed by atoms with E-state index in [1.807, 2.05) is 55.5 Å². The molecule has 0 bridgehead atoms. The second kappa shape index (κ2) is 10.1. The molecule has 1 aliphatic rings. The maximum absolute atomic E-state index is 11.8. The monoisotopic (exact) mass is 464 g/mol. The van der Waals surface area contributed by atoms with Crippen molar-refractivity contribution >= 4 is 23.3 Å². The van der Waals surface area contributed by atoms with E-state index in [-0.39, 0.29) is 23.9 Å². The quantitative estimate of drug-likeness (QED) is 0.474. The number of phenols is 1. The number of ether oxygens (including phenoxy) is 2. The van der Waals surface area contributed by atoms with E-state index in [0.717, 1.165) is 22.4 Å². The summed E-state index contributed by atoms with van der Waals surface area (Å²) in [6, 6.07) is 20.0. The minimum atomic E-state index is -0.390. The fourth-order valence-corrected chi connectivity index (χ4v) is 4.03. The summed E-state index contributed by atoms with van der Waals surface area (Å²) < 4.78 is 10.4. The van der Waals surface area contributed by atoms with Crippen molar-refractivity contribution < 1.29 is 19.4 Å². The lowest BCUT2D eigenvalue weighted by Gasteiger charge is -2.31. The summed E-state index contributed by atoms with van der Waals surface area (Å²) in [6.45, 7) is 2.34. The highest BCUT2D eigenvalue weighted by Gasteiger charge is 2.28. The predicted molar refractivity (Wildman–Crippen MR) is 128 cm³/mol. The maximum Gasteiger partial charge on any atom is 0.337 e. The molecule has 0 fully saturated rings. The van der Waals surface area contributed by atoms with E-state index in [4.69, 9.17) is 26.1 Å². The van der Waals surface area contributed by atoms with Crippen LogP contribution < -0.4 is 10.1 Å². The van der Waals surface area contributed by atoms with Gasteiger partial charge in [0.1, 0.15) is 6.17 Å². The minimum absolute atomic E-state index is 0.119. The second-order valence-corrected chi connectivity index (χ2v) is 8.09. The van der Waals surface area contributed by atoms with Gasteiger partial charge in [0, 0.05) is 28.8 Å². The lowest BCUT2D eigenvalue weighted by atomic mass is 9.93. The molecule has 0 aromatic heterocycles. The average molecular weight is 465 g/mol. The number of rotatable bonds is 6. The number of hydrogen-bond donors (Lipinski definition) is 2. The molecule has 1 aliphatic heterocycles. The van der Waals surface area contributed by atoms with Gasteiger partial charge in [0.15, 0.2) is 11.5 Å². The number of carbonyl (C=O) groups is 1. The fraction of sp³-hybridized carbons (Fsp3) is 0.231. The van der Waals surface area contributed by atoms with Crippen molar-refractivity contribution in [1.29, 1.82) is 0 Å². The van der Waals surface area contributed by atoms with E-state index in [2.05, 4.69) is 5.32 Å². The lowest BCUT2D eigenvalue weighted by Crippen LogP contribution is -2.33. The number of methoxy groups -OCH3 is 1. The van der Waals surface area contributed by atoms with Crippen LogP contribution in [0.1, 0.15) is 52.6 Å². The molecule has 2 atom stereocenters. The molecule has 6 nitrogen and oxygen atoms in total. The third-order valence-electron chi connectivity index (χ3n) is 5.57. The summed E-state index contributed by atoms with van der Waals surface area (Å²) in [5.74, 6) is 0.180. The number of carbonyl (C=O) groups excluding carboxylic acids is 1. The summed E-state index contributed by atoms with van der Waals surface area (Å²) in [5.41, 5.74) is 3.94. The van der Waals surface area contributed by atoms with Gasteiger partial charge in [-0.05, 0) is 48.4 Å². The zero-order valence-electron chi connectivity index (χ0n) is 18.4. The smallest absolute Gasteiger partial charge is 0.337 e. The van der Waals surface area contributed by atoms with Crippen molar-refractivity contribution in [1.82, 2.24) is 5.32 Å². The Kier molecular flexibility index (Phi) is 6.96. The molecule has 0 unspecified atom stereocenters. The molecule has 0 saturated heterocycles. The van der Waals surface area contributed by atoms with E-state index in [9.17, 15) is 9.90 Å². The topological polar surface area (TPSA) is 80.2 Å². The molecular formula is C26H25ClN2O4. The summed E-state index contributed by atoms with van der Waals surface area (Å²) >= 11 is 6.08. The molecule has 0 radical (unpaired) electrons. The van der Waals surface area contributed by atoms with Crippen LogP contribution >= 0.6 is 11.6 Å². The van der Waals surface area contributed by atoms with Crippen LogP contribution in [0.25, 0.3) is 0 Å². The van der Waals surface area contributed by atoms with Crippen LogP contribution in [0, 0.1) is 0 Å². The number of nitrogens with zero attached hydrogens (tertiary/aromatic N) is 1. The zero-order valence-corrected chi connectivity index (χ0v) is 19.2. The third kappa shape index (κ3) is 5.02. The van der Waals surface area contributed by atoms with Crippen molar-refractivity contribution in [2.45, 2.75) is 25.6 Å². The second-order valence-electron chi connectivity index (χ2n) is 7.65. The number of para-hydroxylation sites is 1. The van der Waals surface area contributed by atoms with Crippen LogP contribution in [0.3, 0.4) is 0 Å². The largest absolute Gasteiger partial charge is 0.504 e. The van der Waals surface area contributed by atoms with Crippen molar-refractivity contribution in [3.63, 3.8) is 0 Å². The summed E-state index contributed by atoms with van der Waals surface area (Å²) in [5, 5.41) is 15.1. The minimum Gasteiger partial charge on any atom is -0.504 e. The standard InChI is InChI=1S/C26H25ClN2O4/c1-3-33-23-6-4-5-20(24(23)30)22-15-21(16-11-13-19(27)14-12-16)28-25(29-22)17-7-9-18(10-8-17)26(31)32-2/h4-14,22,25,29-30H,3,15H2,1-2H3/t22-,25+/m1/s1. The highest BCUT2D eigenvalue weighted by atomic mass is 35.5. The molecule has 0 amide bonds. The number of phenolic OH excluding ortho intramolecular Hbond substituents is 1. The molecule has 170 valence electrons. The Morgan fingerprint density at radius 1 is 1.12 bits per heavy atom. The average Bonchev–Trinajstić information content (AvgIpc) is 2.85. The molecule has 33 heavy (non-hydrogen) atoms. The van der Waals surface area contributed by atoms with Crippen LogP contribution in [0.2, 0.25) is 5.02 Å². The first-order valence-corrected chi connectivity index (χ1v) is 11.1. The van der Waals surface area contributed by atoms with Gasteiger partial charge in [0.05, 0.1) is 19.3 Å². The summed E-state index contributed by atoms with van der Waals surface area (Å²) in [4.78, 5) is 16.8. The molecule has 4 rings (SSSR count). The van der Waals surface area contributed by atoms with Crippen molar-refractivity contribution in [3.8, 4) is 11.5 Å². The van der Waals surface area contributed by atoms with E-state index in [0.29, 0.717) is 29.4 Å². The molecule has 3 aromatic carbocycles. The number of aromatic hydroxyl groups is 1. The number of esters is 1. The highest BCUT2D eigenvalue weighted by Crippen LogP contribution is 2.39. The van der Waals surface area contributed by atoms with Crippen LogP contribution in [0.5, 0.6) is 11.5 Å². The Bertz CT molecular complexity index is 1160. The van der Waals surface area contributed by atoms with Gasteiger partial charge in [-0.25, -0.2) is 4.79 Å². The van der Waals surface area contributed by atoms with Crippen LogP contribution in [-0.4, -0.2) is 30.5 Å². The molecule has 2 N–H and O–H groups in total. The van der Waals surface area contributed by atoms with Gasteiger partial charge in [-0.2, -0.15) is 0 Å². The Morgan fingerprint density at radius 2 is 1.85 bits per heavy atom. The maximum atomic E-state index is 11.8. The zero-order chi connectivity index (χ0) is 23.4.